The lowest BCUT2D eigenvalue weighted by atomic mass is 9.85. The minimum absolute atomic E-state index is 0.0559. The van der Waals surface area contributed by atoms with Crippen LogP contribution in [0.3, 0.4) is 0 Å². The molecule has 0 radical (unpaired) electrons. The molecule has 0 spiro atoms. The molecule has 0 N–H and O–H groups in total. The Balaban J connectivity index is 1.45. The van der Waals surface area contributed by atoms with Crippen molar-refractivity contribution in [3.8, 4) is 11.4 Å². The van der Waals surface area contributed by atoms with E-state index < -0.39 is 17.5 Å². The van der Waals surface area contributed by atoms with E-state index in [0.717, 1.165) is 16.5 Å². The van der Waals surface area contributed by atoms with Gasteiger partial charge in [-0.15, -0.1) is 0 Å². The molecule has 3 aliphatic heterocycles. The number of hydrogen-bond acceptors (Lipinski definition) is 7. The summed E-state index contributed by atoms with van der Waals surface area (Å²) in [7, 11) is 0. The predicted octanol–water partition coefficient (Wildman–Crippen LogP) is 2.77. The summed E-state index contributed by atoms with van der Waals surface area (Å²) in [6.07, 6.45) is 0.806. The van der Waals surface area contributed by atoms with E-state index in [1.165, 1.54) is 4.90 Å². The van der Waals surface area contributed by atoms with E-state index in [1.54, 1.807) is 17.6 Å². The van der Waals surface area contributed by atoms with Gasteiger partial charge in [-0.1, -0.05) is 31.7 Å². The second kappa shape index (κ2) is 7.87. The summed E-state index contributed by atoms with van der Waals surface area (Å²) in [5, 5.41) is 0.968. The van der Waals surface area contributed by atoms with Crippen LogP contribution in [0.15, 0.2) is 53.5 Å². The Bertz CT molecular complexity index is 1560. The van der Waals surface area contributed by atoms with Gasteiger partial charge in [0.2, 0.25) is 11.5 Å². The van der Waals surface area contributed by atoms with Crippen molar-refractivity contribution in [3.63, 3.8) is 0 Å². The minimum atomic E-state index is -1.80. The molecule has 0 unspecified atom stereocenters. The summed E-state index contributed by atoms with van der Waals surface area (Å²) in [6, 6.07) is 11.4. The lowest BCUT2D eigenvalue weighted by Crippen LogP contribution is -2.48. The summed E-state index contributed by atoms with van der Waals surface area (Å²) in [5.74, 6) is -1.74. The lowest BCUT2D eigenvalue weighted by Gasteiger charge is -2.36. The van der Waals surface area contributed by atoms with E-state index in [0.29, 0.717) is 35.6 Å². The number of esters is 2. The van der Waals surface area contributed by atoms with Crippen LogP contribution in [-0.2, 0) is 42.6 Å². The number of cyclic esters (lactones) is 1. The molecule has 2 aromatic heterocycles. The molecule has 0 saturated carbocycles. The summed E-state index contributed by atoms with van der Waals surface area (Å²) < 4.78 is 12.8. The molecule has 3 aliphatic rings. The fourth-order valence-corrected chi connectivity index (χ4v) is 5.34. The van der Waals surface area contributed by atoms with Crippen molar-refractivity contribution in [2.75, 3.05) is 6.54 Å². The zero-order chi connectivity index (χ0) is 25.2. The number of aromatic nitrogens is 2. The van der Waals surface area contributed by atoms with Crippen LogP contribution in [0.5, 0.6) is 0 Å². The van der Waals surface area contributed by atoms with Crippen LogP contribution in [0.2, 0.25) is 0 Å². The summed E-state index contributed by atoms with van der Waals surface area (Å²) in [5.41, 5.74) is 1.89. The Hall–Kier alpha value is -4.27. The number of carbonyl (C=O) groups is 3. The molecule has 5 heterocycles. The van der Waals surface area contributed by atoms with Crippen molar-refractivity contribution in [1.82, 2.24) is 14.5 Å². The number of allylic oxidation sites excluding steroid dienone is 1. The maximum atomic E-state index is 13.6. The zero-order valence-corrected chi connectivity index (χ0v) is 19.7. The Morgan fingerprint density at radius 2 is 2.00 bits per heavy atom. The van der Waals surface area contributed by atoms with Crippen molar-refractivity contribution in [2.45, 2.75) is 44.9 Å². The van der Waals surface area contributed by atoms with E-state index in [1.807, 2.05) is 30.3 Å². The normalized spacial score (nSPS) is 20.2. The number of carbonyl (C=O) groups excluding carboxylic acids is 3. The van der Waals surface area contributed by atoms with Gasteiger partial charge in [-0.2, -0.15) is 0 Å². The average Bonchev–Trinajstić information content (AvgIpc) is 3.39. The summed E-state index contributed by atoms with van der Waals surface area (Å²) in [6.45, 7) is 5.29. The molecule has 1 fully saturated rings. The average molecular weight is 485 g/mol. The number of fused-ring (bicyclic) bond motifs is 5. The number of amides is 1. The van der Waals surface area contributed by atoms with Gasteiger partial charge in [0.15, 0.2) is 0 Å². The third kappa shape index (κ3) is 3.12. The minimum Gasteiger partial charge on any atom is -0.457 e. The highest BCUT2D eigenvalue weighted by Gasteiger charge is 2.50. The molecule has 6 rings (SSSR count). The third-order valence-electron chi connectivity index (χ3n) is 7.27. The second-order valence-corrected chi connectivity index (χ2v) is 9.28. The molecule has 3 aromatic rings. The number of benzene rings is 1. The highest BCUT2D eigenvalue weighted by molar-refractivity contribution is 5.90. The molecule has 182 valence electrons. The van der Waals surface area contributed by atoms with Crippen molar-refractivity contribution in [1.29, 1.82) is 0 Å². The predicted molar refractivity (Wildman–Crippen MR) is 128 cm³/mol. The first-order valence-electron chi connectivity index (χ1n) is 11.9. The van der Waals surface area contributed by atoms with Crippen LogP contribution in [0, 0.1) is 0 Å². The maximum Gasteiger partial charge on any atom is 0.355 e. The molecule has 36 heavy (non-hydrogen) atoms. The Kier molecular flexibility index (Phi) is 4.86. The van der Waals surface area contributed by atoms with Crippen LogP contribution >= 0.6 is 0 Å². The van der Waals surface area contributed by atoms with Crippen LogP contribution in [-0.4, -0.2) is 38.8 Å². The largest absolute Gasteiger partial charge is 0.457 e. The molecule has 1 atom stereocenters. The van der Waals surface area contributed by atoms with Crippen molar-refractivity contribution >= 4 is 28.7 Å². The molecular weight excluding hydrogens is 462 g/mol. The molecule has 9 heteroatoms. The number of ether oxygens (including phenoxy) is 2. The van der Waals surface area contributed by atoms with E-state index in [9.17, 15) is 19.2 Å². The highest BCUT2D eigenvalue weighted by atomic mass is 16.6. The van der Waals surface area contributed by atoms with E-state index in [2.05, 4.69) is 6.58 Å². The summed E-state index contributed by atoms with van der Waals surface area (Å²) >= 11 is 0. The standard InChI is InChI=1S/C27H23N3O6/c1-3-27(36-23(32)13-29-15(2)8-9-22(29)31)19-11-21-24-17(10-16-6-4-5-7-20(16)28-24)12-30(21)25(33)18(19)14-35-26(27)34/h4-7,10-11H,2-3,8-9,12-14H2,1H3/t27-/m0/s1. The number of pyridine rings is 2. The topological polar surface area (TPSA) is 108 Å². The van der Waals surface area contributed by atoms with E-state index in [-0.39, 0.29) is 43.0 Å². The zero-order valence-electron chi connectivity index (χ0n) is 19.7. The number of para-hydroxylation sites is 1. The van der Waals surface area contributed by atoms with Crippen molar-refractivity contribution in [3.05, 3.63) is 75.7 Å². The van der Waals surface area contributed by atoms with Crippen molar-refractivity contribution in [2.24, 2.45) is 0 Å². The first-order valence-corrected chi connectivity index (χ1v) is 11.9. The summed E-state index contributed by atoms with van der Waals surface area (Å²) in [4.78, 5) is 57.8. The third-order valence-corrected chi connectivity index (χ3v) is 7.27. The fraction of sp³-hybridized carbons (Fsp3) is 0.296. The van der Waals surface area contributed by atoms with Gasteiger partial charge in [0, 0.05) is 28.6 Å². The van der Waals surface area contributed by atoms with Gasteiger partial charge in [0.1, 0.15) is 13.2 Å². The van der Waals surface area contributed by atoms with Gasteiger partial charge >= 0.3 is 11.9 Å². The van der Waals surface area contributed by atoms with Crippen molar-refractivity contribution < 1.29 is 23.9 Å². The van der Waals surface area contributed by atoms with Gasteiger partial charge in [0.05, 0.1) is 29.0 Å². The maximum absolute atomic E-state index is 13.6. The van der Waals surface area contributed by atoms with E-state index in [4.69, 9.17) is 14.5 Å². The van der Waals surface area contributed by atoms with Crippen LogP contribution in [0.25, 0.3) is 22.3 Å². The Morgan fingerprint density at radius 1 is 1.19 bits per heavy atom. The molecule has 0 bridgehead atoms. The molecule has 9 nitrogen and oxygen atoms in total. The number of nitrogens with zero attached hydrogens (tertiary/aromatic N) is 3. The molecule has 0 aliphatic carbocycles. The van der Waals surface area contributed by atoms with Crippen LogP contribution < -0.4 is 5.56 Å². The first-order chi connectivity index (χ1) is 17.3. The van der Waals surface area contributed by atoms with Gasteiger partial charge in [-0.25, -0.2) is 9.78 Å². The fourth-order valence-electron chi connectivity index (χ4n) is 5.34. The monoisotopic (exact) mass is 485 g/mol. The van der Waals surface area contributed by atoms with Crippen LogP contribution in [0.1, 0.15) is 42.9 Å². The van der Waals surface area contributed by atoms with Gasteiger partial charge < -0.3 is 18.9 Å². The number of likely N-dealkylation sites (tertiary alicyclic amines) is 1. The van der Waals surface area contributed by atoms with Gasteiger partial charge in [-0.3, -0.25) is 14.4 Å². The smallest absolute Gasteiger partial charge is 0.355 e. The SMILES string of the molecule is C=C1CCC(=O)N1CC(=O)O[C@]1(CC)C(=O)OCc2c1cc1n(c2=O)Cc2cc3ccccc3nc2-1. The van der Waals surface area contributed by atoms with Gasteiger partial charge in [-0.05, 0) is 31.0 Å². The first kappa shape index (κ1) is 22.2. The molecule has 1 amide bonds. The number of rotatable bonds is 4. The molecule has 1 saturated heterocycles. The number of hydrogen-bond donors (Lipinski definition) is 0. The van der Waals surface area contributed by atoms with Crippen LogP contribution in [0.4, 0.5) is 0 Å². The molecule has 1 aromatic carbocycles. The van der Waals surface area contributed by atoms with E-state index >= 15 is 0 Å². The quantitative estimate of drug-likeness (QED) is 0.409. The lowest BCUT2D eigenvalue weighted by molar-refractivity contribution is -0.189. The molecular formula is C27H23N3O6. The Labute approximate surface area is 205 Å². The Morgan fingerprint density at radius 3 is 2.75 bits per heavy atom. The highest BCUT2D eigenvalue weighted by Crippen LogP contribution is 2.41. The van der Waals surface area contributed by atoms with Gasteiger partial charge in [0.25, 0.3) is 5.56 Å². The second-order valence-electron chi connectivity index (χ2n) is 9.28.